The Hall–Kier alpha value is -1.39. The van der Waals surface area contributed by atoms with Crippen LogP contribution in [0.4, 0.5) is 0 Å². The highest BCUT2D eigenvalue weighted by atomic mass is 35.5. The van der Waals surface area contributed by atoms with E-state index < -0.39 is 0 Å². The minimum absolute atomic E-state index is 0.411. The number of fused-ring (bicyclic) bond motifs is 1. The molecule has 2 aromatic heterocycles. The lowest BCUT2D eigenvalue weighted by atomic mass is 10.2. The summed E-state index contributed by atoms with van der Waals surface area (Å²) in [6, 6.07) is 8.32. The van der Waals surface area contributed by atoms with Gasteiger partial charge in [-0.05, 0) is 35.0 Å². The SMILES string of the molecule is ClCc1cnnn1-c1ccc2sccc2c1. The van der Waals surface area contributed by atoms with Crippen molar-refractivity contribution in [3.63, 3.8) is 0 Å². The van der Waals surface area contributed by atoms with Crippen molar-refractivity contribution in [3.05, 3.63) is 41.5 Å². The van der Waals surface area contributed by atoms with Crippen LogP contribution in [0.5, 0.6) is 0 Å². The van der Waals surface area contributed by atoms with Crippen LogP contribution < -0.4 is 0 Å². The summed E-state index contributed by atoms with van der Waals surface area (Å²) in [4.78, 5) is 0. The van der Waals surface area contributed by atoms with Gasteiger partial charge in [-0.25, -0.2) is 4.68 Å². The fourth-order valence-electron chi connectivity index (χ4n) is 1.65. The molecule has 0 saturated heterocycles. The van der Waals surface area contributed by atoms with Crippen molar-refractivity contribution in [1.29, 1.82) is 0 Å². The molecule has 1 aromatic carbocycles. The standard InChI is InChI=1S/C11H8ClN3S/c12-6-10-7-13-14-15(10)9-1-2-11-8(5-9)3-4-16-11/h1-5,7H,6H2. The van der Waals surface area contributed by atoms with E-state index in [0.29, 0.717) is 5.88 Å². The number of alkyl halides is 1. The fraction of sp³-hybridized carbons (Fsp3) is 0.0909. The summed E-state index contributed by atoms with van der Waals surface area (Å²) in [5.41, 5.74) is 1.90. The zero-order valence-corrected chi connectivity index (χ0v) is 9.87. The smallest absolute Gasteiger partial charge is 0.0793 e. The highest BCUT2D eigenvalue weighted by molar-refractivity contribution is 7.17. The second kappa shape index (κ2) is 3.88. The van der Waals surface area contributed by atoms with E-state index in [4.69, 9.17) is 11.6 Å². The first-order chi connectivity index (χ1) is 7.88. The molecule has 0 aliphatic heterocycles. The largest absolute Gasteiger partial charge is 0.216 e. The van der Waals surface area contributed by atoms with Crippen LogP contribution in [0.1, 0.15) is 5.69 Å². The summed E-state index contributed by atoms with van der Waals surface area (Å²) in [7, 11) is 0. The molecule has 0 spiro atoms. The van der Waals surface area contributed by atoms with Gasteiger partial charge in [0.25, 0.3) is 0 Å². The van der Waals surface area contributed by atoms with E-state index >= 15 is 0 Å². The molecule has 0 atom stereocenters. The van der Waals surface area contributed by atoms with Crippen LogP contribution in [0, 0.1) is 0 Å². The number of hydrogen-bond donors (Lipinski definition) is 0. The van der Waals surface area contributed by atoms with Gasteiger partial charge in [0.1, 0.15) is 0 Å². The van der Waals surface area contributed by atoms with Crippen molar-refractivity contribution >= 4 is 33.0 Å². The Morgan fingerprint density at radius 1 is 1.31 bits per heavy atom. The van der Waals surface area contributed by atoms with Gasteiger partial charge in [-0.1, -0.05) is 5.21 Å². The van der Waals surface area contributed by atoms with Crippen LogP contribution in [0.3, 0.4) is 0 Å². The highest BCUT2D eigenvalue weighted by Crippen LogP contribution is 2.23. The number of aromatic nitrogens is 3. The van der Waals surface area contributed by atoms with Crippen molar-refractivity contribution in [1.82, 2.24) is 15.0 Å². The molecule has 5 heteroatoms. The average Bonchev–Trinajstić information content (AvgIpc) is 2.96. The summed E-state index contributed by atoms with van der Waals surface area (Å²) in [5, 5.41) is 11.2. The zero-order chi connectivity index (χ0) is 11.0. The van der Waals surface area contributed by atoms with Crippen molar-refractivity contribution in [2.75, 3.05) is 0 Å². The lowest BCUT2D eigenvalue weighted by Crippen LogP contribution is -2.00. The maximum Gasteiger partial charge on any atom is 0.0793 e. The summed E-state index contributed by atoms with van der Waals surface area (Å²) < 4.78 is 3.04. The van der Waals surface area contributed by atoms with Gasteiger partial charge in [0, 0.05) is 4.70 Å². The van der Waals surface area contributed by atoms with Crippen molar-refractivity contribution in [2.24, 2.45) is 0 Å². The number of nitrogens with zero attached hydrogens (tertiary/aromatic N) is 3. The predicted octanol–water partition coefficient (Wildman–Crippen LogP) is 3.22. The Morgan fingerprint density at radius 2 is 2.25 bits per heavy atom. The summed E-state index contributed by atoms with van der Waals surface area (Å²) >= 11 is 7.55. The molecular formula is C11H8ClN3S. The molecule has 0 fully saturated rings. The molecule has 16 heavy (non-hydrogen) atoms. The molecule has 0 amide bonds. The molecule has 0 unspecified atom stereocenters. The molecule has 2 heterocycles. The third-order valence-electron chi connectivity index (χ3n) is 2.44. The van der Waals surface area contributed by atoms with E-state index in [1.165, 1.54) is 10.1 Å². The molecular weight excluding hydrogens is 242 g/mol. The minimum Gasteiger partial charge on any atom is -0.216 e. The summed E-state index contributed by atoms with van der Waals surface area (Å²) in [6.45, 7) is 0. The van der Waals surface area contributed by atoms with Gasteiger partial charge in [-0.2, -0.15) is 0 Å². The van der Waals surface area contributed by atoms with Gasteiger partial charge < -0.3 is 0 Å². The monoisotopic (exact) mass is 249 g/mol. The van der Waals surface area contributed by atoms with Gasteiger partial charge in [0.2, 0.25) is 0 Å². The first-order valence-electron chi connectivity index (χ1n) is 4.81. The molecule has 0 saturated carbocycles. The summed E-state index contributed by atoms with van der Waals surface area (Å²) in [5.74, 6) is 0.411. The molecule has 0 radical (unpaired) electrons. The van der Waals surface area contributed by atoms with E-state index in [1.807, 2.05) is 6.07 Å². The Kier molecular flexibility index (Phi) is 2.38. The quantitative estimate of drug-likeness (QED) is 0.653. The molecule has 0 aliphatic carbocycles. The second-order valence-corrected chi connectivity index (χ2v) is 4.63. The van der Waals surface area contributed by atoms with E-state index in [0.717, 1.165) is 11.4 Å². The first-order valence-corrected chi connectivity index (χ1v) is 6.23. The molecule has 3 aromatic rings. The van der Waals surface area contributed by atoms with Gasteiger partial charge in [0.15, 0.2) is 0 Å². The second-order valence-electron chi connectivity index (χ2n) is 3.41. The van der Waals surface area contributed by atoms with Gasteiger partial charge in [0.05, 0.1) is 23.5 Å². The van der Waals surface area contributed by atoms with Crippen LogP contribution in [0.15, 0.2) is 35.8 Å². The Morgan fingerprint density at radius 3 is 3.12 bits per heavy atom. The number of benzene rings is 1. The maximum absolute atomic E-state index is 5.82. The molecule has 0 bridgehead atoms. The van der Waals surface area contributed by atoms with E-state index in [1.54, 1.807) is 22.2 Å². The zero-order valence-electron chi connectivity index (χ0n) is 8.30. The number of rotatable bonds is 2. The molecule has 80 valence electrons. The van der Waals surface area contributed by atoms with Crippen LogP contribution in [-0.4, -0.2) is 15.0 Å². The predicted molar refractivity (Wildman–Crippen MR) is 66.3 cm³/mol. The fourth-order valence-corrected chi connectivity index (χ4v) is 2.60. The van der Waals surface area contributed by atoms with Gasteiger partial charge in [-0.15, -0.1) is 28.0 Å². The Balaban J connectivity index is 2.18. The number of halogens is 1. The van der Waals surface area contributed by atoms with Crippen LogP contribution in [-0.2, 0) is 5.88 Å². The van der Waals surface area contributed by atoms with Gasteiger partial charge >= 0.3 is 0 Å². The van der Waals surface area contributed by atoms with E-state index in [9.17, 15) is 0 Å². The van der Waals surface area contributed by atoms with Crippen molar-refractivity contribution in [3.8, 4) is 5.69 Å². The molecule has 3 rings (SSSR count). The third-order valence-corrected chi connectivity index (χ3v) is 3.61. The summed E-state index contributed by atoms with van der Waals surface area (Å²) in [6.07, 6.45) is 1.69. The van der Waals surface area contributed by atoms with Crippen LogP contribution in [0.25, 0.3) is 15.8 Å². The lowest BCUT2D eigenvalue weighted by Gasteiger charge is -2.03. The Labute approximate surface area is 101 Å². The molecule has 0 aliphatic rings. The van der Waals surface area contributed by atoms with Crippen LogP contribution in [0.2, 0.25) is 0 Å². The first kappa shape index (κ1) is 9.81. The average molecular weight is 250 g/mol. The van der Waals surface area contributed by atoms with Crippen LogP contribution >= 0.6 is 22.9 Å². The van der Waals surface area contributed by atoms with Crippen molar-refractivity contribution in [2.45, 2.75) is 5.88 Å². The van der Waals surface area contributed by atoms with Gasteiger partial charge in [-0.3, -0.25) is 0 Å². The van der Waals surface area contributed by atoms with E-state index in [2.05, 4.69) is 33.9 Å². The molecule has 3 nitrogen and oxygen atoms in total. The highest BCUT2D eigenvalue weighted by Gasteiger charge is 2.05. The van der Waals surface area contributed by atoms with E-state index in [-0.39, 0.29) is 0 Å². The van der Waals surface area contributed by atoms with Crippen molar-refractivity contribution < 1.29 is 0 Å². The Bertz CT molecular complexity index is 629. The number of thiophene rings is 1. The maximum atomic E-state index is 5.82. The minimum atomic E-state index is 0.411. The number of hydrogen-bond acceptors (Lipinski definition) is 3. The third kappa shape index (κ3) is 1.50. The normalized spacial score (nSPS) is 11.1. The topological polar surface area (TPSA) is 30.7 Å². The lowest BCUT2D eigenvalue weighted by molar-refractivity contribution is 0.782. The molecule has 0 N–H and O–H groups in total.